The fourth-order valence-corrected chi connectivity index (χ4v) is 4.75. The molecule has 0 radical (unpaired) electrons. The molecule has 0 aromatic heterocycles. The number of fused-ring (bicyclic) bond motifs is 2. The number of amides is 3. The zero-order chi connectivity index (χ0) is 24.0. The van der Waals surface area contributed by atoms with E-state index >= 15 is 0 Å². The Balaban J connectivity index is 1.54. The number of nitriles is 1. The Morgan fingerprint density at radius 3 is 2.55 bits per heavy atom. The highest BCUT2D eigenvalue weighted by molar-refractivity contribution is 5.97. The second-order valence-corrected chi connectivity index (χ2v) is 9.34. The number of carbonyl (C=O) groups is 2. The van der Waals surface area contributed by atoms with E-state index in [1.54, 1.807) is 12.1 Å². The monoisotopic (exact) mass is 457 g/mol. The predicted octanol–water partition coefficient (Wildman–Crippen LogP) is 1.42. The summed E-state index contributed by atoms with van der Waals surface area (Å²) in [6.45, 7) is 9.94. The van der Waals surface area contributed by atoms with Crippen molar-refractivity contribution in [1.29, 1.82) is 5.26 Å². The third kappa shape index (κ3) is 6.83. The maximum absolute atomic E-state index is 12.5. The van der Waals surface area contributed by atoms with Crippen molar-refractivity contribution in [3.63, 3.8) is 0 Å². The van der Waals surface area contributed by atoms with Gasteiger partial charge in [0.05, 0.1) is 17.2 Å². The highest BCUT2D eigenvalue weighted by Gasteiger charge is 2.36. The molecule has 0 aliphatic carbocycles. The predicted molar refractivity (Wildman–Crippen MR) is 124 cm³/mol. The van der Waals surface area contributed by atoms with Crippen LogP contribution in [0.3, 0.4) is 0 Å². The summed E-state index contributed by atoms with van der Waals surface area (Å²) in [6, 6.07) is 6.70. The smallest absolute Gasteiger partial charge is 0.317 e. The van der Waals surface area contributed by atoms with Crippen LogP contribution in [0.2, 0.25) is 0 Å². The van der Waals surface area contributed by atoms with Gasteiger partial charge in [0.15, 0.2) is 0 Å². The summed E-state index contributed by atoms with van der Waals surface area (Å²) < 4.78 is 5.80. The normalized spacial score (nSPS) is 21.3. The highest BCUT2D eigenvalue weighted by atomic mass is 16.5. The van der Waals surface area contributed by atoms with Gasteiger partial charge in [-0.05, 0) is 57.2 Å². The van der Waals surface area contributed by atoms with Crippen LogP contribution in [0.1, 0.15) is 43.1 Å². The molecule has 3 N–H and O–H groups in total. The van der Waals surface area contributed by atoms with E-state index in [0.29, 0.717) is 36.2 Å². The Labute approximate surface area is 195 Å². The minimum absolute atomic E-state index is 0.00816. The number of β-amino-alcohol motifs (C(OH)–C–C–N with tert-alkyl or cyclic N) is 1. The number of likely N-dealkylation sites (tertiary alicyclic amines) is 2. The Morgan fingerprint density at radius 2 is 1.94 bits per heavy atom. The van der Waals surface area contributed by atoms with Crippen molar-refractivity contribution < 1.29 is 19.4 Å². The molecule has 9 heteroatoms. The van der Waals surface area contributed by atoms with E-state index in [1.165, 1.54) is 6.07 Å². The molecule has 3 rings (SSSR count). The zero-order valence-corrected chi connectivity index (χ0v) is 19.7. The highest BCUT2D eigenvalue weighted by Crippen LogP contribution is 2.29. The first kappa shape index (κ1) is 24.8. The van der Waals surface area contributed by atoms with Crippen LogP contribution in [0.5, 0.6) is 5.75 Å². The number of carbonyl (C=O) groups excluding carboxylic acids is 2. The van der Waals surface area contributed by atoms with Crippen molar-refractivity contribution >= 4 is 11.9 Å². The van der Waals surface area contributed by atoms with E-state index < -0.39 is 6.10 Å². The third-order valence-electron chi connectivity index (χ3n) is 5.95. The van der Waals surface area contributed by atoms with Gasteiger partial charge in [0.25, 0.3) is 5.91 Å². The quantitative estimate of drug-likeness (QED) is 0.543. The summed E-state index contributed by atoms with van der Waals surface area (Å²) in [4.78, 5) is 28.9. The molecule has 2 bridgehead atoms. The molecule has 180 valence electrons. The molecular weight excluding hydrogens is 422 g/mol. The summed E-state index contributed by atoms with van der Waals surface area (Å²) in [5.41, 5.74) is 0.659. The number of nitrogens with one attached hydrogen (secondary N) is 2. The van der Waals surface area contributed by atoms with Gasteiger partial charge in [0.2, 0.25) is 0 Å². The lowest BCUT2D eigenvalue weighted by molar-refractivity contribution is 0.00915. The van der Waals surface area contributed by atoms with Gasteiger partial charge >= 0.3 is 6.03 Å². The standard InChI is InChI=1S/C24H35N5O4/c1-4-26-24(32)29-12-18-7-19(13-29)11-28(10-18)14-20(30)15-33-22-6-5-17(9-25)8-21(22)23(31)27-16(2)3/h5-6,8,16,18-20,30H,4,7,10-15H2,1-3H3,(H,26,32)(H,27,31). The fraction of sp³-hybridized carbons (Fsp3) is 0.625. The molecular formula is C24H35N5O4. The molecule has 3 unspecified atom stereocenters. The molecule has 0 saturated carbocycles. The van der Waals surface area contributed by atoms with Gasteiger partial charge in [-0.3, -0.25) is 9.69 Å². The van der Waals surface area contributed by atoms with Crippen molar-refractivity contribution in [3.8, 4) is 11.8 Å². The molecule has 2 heterocycles. The van der Waals surface area contributed by atoms with Crippen LogP contribution >= 0.6 is 0 Å². The number of rotatable bonds is 8. The molecule has 33 heavy (non-hydrogen) atoms. The van der Waals surface area contributed by atoms with E-state index in [-0.39, 0.29) is 30.2 Å². The van der Waals surface area contributed by atoms with Gasteiger partial charge in [-0.2, -0.15) is 5.26 Å². The number of nitrogens with zero attached hydrogens (tertiary/aromatic N) is 3. The molecule has 3 amide bonds. The molecule has 2 aliphatic rings. The van der Waals surface area contributed by atoms with Crippen LogP contribution < -0.4 is 15.4 Å². The van der Waals surface area contributed by atoms with Gasteiger partial charge in [-0.15, -0.1) is 0 Å². The molecule has 3 atom stereocenters. The summed E-state index contributed by atoms with van der Waals surface area (Å²) in [5, 5.41) is 25.5. The lowest BCUT2D eigenvalue weighted by atomic mass is 9.84. The summed E-state index contributed by atoms with van der Waals surface area (Å²) in [6.07, 6.45) is 0.387. The average Bonchev–Trinajstić information content (AvgIpc) is 2.76. The molecule has 1 aromatic rings. The van der Waals surface area contributed by atoms with E-state index in [1.807, 2.05) is 31.7 Å². The van der Waals surface area contributed by atoms with Gasteiger partial charge in [0, 0.05) is 45.3 Å². The summed E-state index contributed by atoms with van der Waals surface area (Å²) in [5.74, 6) is 0.836. The van der Waals surface area contributed by atoms with E-state index in [9.17, 15) is 14.7 Å². The minimum Gasteiger partial charge on any atom is -0.490 e. The number of ether oxygens (including phenoxy) is 1. The first-order chi connectivity index (χ1) is 15.8. The van der Waals surface area contributed by atoms with E-state index in [4.69, 9.17) is 10.00 Å². The number of hydrogen-bond donors (Lipinski definition) is 3. The Hall–Kier alpha value is -2.83. The number of aliphatic hydroxyl groups excluding tert-OH is 1. The molecule has 2 saturated heterocycles. The first-order valence-corrected chi connectivity index (χ1v) is 11.7. The maximum Gasteiger partial charge on any atom is 0.317 e. The van der Waals surface area contributed by atoms with E-state index in [2.05, 4.69) is 15.5 Å². The number of benzene rings is 1. The number of aliphatic hydroxyl groups is 1. The lowest BCUT2D eigenvalue weighted by Gasteiger charge is -2.46. The number of hydrogen-bond acceptors (Lipinski definition) is 6. The van der Waals surface area contributed by atoms with Gasteiger partial charge in [0.1, 0.15) is 18.5 Å². The van der Waals surface area contributed by atoms with Crippen molar-refractivity contribution in [3.05, 3.63) is 29.3 Å². The second-order valence-electron chi connectivity index (χ2n) is 9.34. The summed E-state index contributed by atoms with van der Waals surface area (Å²) >= 11 is 0. The minimum atomic E-state index is -0.722. The van der Waals surface area contributed by atoms with Crippen molar-refractivity contribution in [1.82, 2.24) is 20.4 Å². The second kappa shape index (κ2) is 11.3. The van der Waals surface area contributed by atoms with Gasteiger partial charge < -0.3 is 25.4 Å². The van der Waals surface area contributed by atoms with Gasteiger partial charge in [-0.1, -0.05) is 0 Å². The number of piperidine rings is 2. The zero-order valence-electron chi connectivity index (χ0n) is 19.7. The molecule has 2 aliphatic heterocycles. The lowest BCUT2D eigenvalue weighted by Crippen LogP contribution is -2.56. The van der Waals surface area contributed by atoms with Gasteiger partial charge in [-0.25, -0.2) is 4.79 Å². The van der Waals surface area contributed by atoms with E-state index in [0.717, 1.165) is 32.6 Å². The van der Waals surface area contributed by atoms with Crippen molar-refractivity contribution in [2.45, 2.75) is 39.3 Å². The van der Waals surface area contributed by atoms with Crippen LogP contribution in [0.15, 0.2) is 18.2 Å². The molecule has 1 aromatic carbocycles. The maximum atomic E-state index is 12.5. The van der Waals surface area contributed by atoms with Crippen molar-refractivity contribution in [2.24, 2.45) is 11.8 Å². The summed E-state index contributed by atoms with van der Waals surface area (Å²) in [7, 11) is 0. The Bertz CT molecular complexity index is 870. The molecule has 0 spiro atoms. The topological polar surface area (TPSA) is 118 Å². The van der Waals surface area contributed by atoms with Crippen LogP contribution in [-0.2, 0) is 0 Å². The van der Waals surface area contributed by atoms with Crippen LogP contribution in [0.4, 0.5) is 4.79 Å². The first-order valence-electron chi connectivity index (χ1n) is 11.7. The van der Waals surface area contributed by atoms with Crippen LogP contribution in [0.25, 0.3) is 0 Å². The largest absolute Gasteiger partial charge is 0.490 e. The Kier molecular flexibility index (Phi) is 8.53. The third-order valence-corrected chi connectivity index (χ3v) is 5.95. The molecule has 2 fully saturated rings. The van der Waals surface area contributed by atoms with Crippen LogP contribution in [-0.4, -0.2) is 84.9 Å². The number of urea groups is 1. The van der Waals surface area contributed by atoms with Crippen molar-refractivity contribution in [2.75, 3.05) is 45.9 Å². The Morgan fingerprint density at radius 1 is 1.24 bits per heavy atom. The molecule has 9 nitrogen and oxygen atoms in total. The fourth-order valence-electron chi connectivity index (χ4n) is 4.75. The van der Waals surface area contributed by atoms with Crippen LogP contribution in [0, 0.1) is 23.2 Å². The SMILES string of the molecule is CCNC(=O)N1CC2CC(CN(CC(O)COc3ccc(C#N)cc3C(=O)NC(C)C)C2)C1. The average molecular weight is 458 g/mol.